The molecule has 2 heterocycles. The van der Waals surface area contributed by atoms with Gasteiger partial charge >= 0.3 is 0 Å². The predicted octanol–water partition coefficient (Wildman–Crippen LogP) is 3.44. The lowest BCUT2D eigenvalue weighted by molar-refractivity contribution is 0.0703. The predicted molar refractivity (Wildman–Crippen MR) is 92.2 cm³/mol. The second-order valence-corrected chi connectivity index (χ2v) is 6.85. The van der Waals surface area contributed by atoms with Gasteiger partial charge in [0.15, 0.2) is 0 Å². The van der Waals surface area contributed by atoms with E-state index in [0.717, 1.165) is 17.7 Å². The van der Waals surface area contributed by atoms with Crippen LogP contribution in [0.4, 0.5) is 0 Å². The summed E-state index contributed by atoms with van der Waals surface area (Å²) < 4.78 is 0. The zero-order chi connectivity index (χ0) is 16.2. The quantitative estimate of drug-likeness (QED) is 0.923. The molecule has 0 aliphatic carbocycles. The number of likely N-dealkylation sites (tertiary alicyclic amines) is 1. The molecule has 0 unspecified atom stereocenters. The molecule has 0 saturated carbocycles. The van der Waals surface area contributed by atoms with E-state index >= 15 is 0 Å². The molecule has 1 saturated heterocycles. The summed E-state index contributed by atoms with van der Waals surface area (Å²) in [4.78, 5) is 27.2. The van der Waals surface area contributed by atoms with Gasteiger partial charge in [-0.2, -0.15) is 0 Å². The Hall–Kier alpha value is -1.85. The Morgan fingerprint density at radius 2 is 1.87 bits per heavy atom. The summed E-state index contributed by atoms with van der Waals surface area (Å²) >= 11 is 7.51. The van der Waals surface area contributed by atoms with Crippen LogP contribution < -0.4 is 5.32 Å². The Morgan fingerprint density at radius 3 is 2.52 bits per heavy atom. The fourth-order valence-corrected chi connectivity index (χ4v) is 3.60. The fraction of sp³-hybridized carbons (Fsp3) is 0.294. The minimum atomic E-state index is -0.154. The van der Waals surface area contributed by atoms with Gasteiger partial charge < -0.3 is 10.2 Å². The van der Waals surface area contributed by atoms with Crippen molar-refractivity contribution in [2.75, 3.05) is 13.1 Å². The fourth-order valence-electron chi connectivity index (χ4n) is 2.69. The van der Waals surface area contributed by atoms with Gasteiger partial charge in [0.2, 0.25) is 0 Å². The van der Waals surface area contributed by atoms with Crippen molar-refractivity contribution in [2.45, 2.75) is 18.9 Å². The molecular weight excluding hydrogens is 332 g/mol. The molecule has 4 nitrogen and oxygen atoms in total. The molecule has 1 fully saturated rings. The van der Waals surface area contributed by atoms with E-state index in [1.807, 2.05) is 22.4 Å². The van der Waals surface area contributed by atoms with Gasteiger partial charge in [-0.05, 0) is 36.4 Å². The number of piperidine rings is 1. The van der Waals surface area contributed by atoms with Crippen molar-refractivity contribution in [3.05, 3.63) is 57.2 Å². The number of thiophene rings is 1. The topological polar surface area (TPSA) is 49.4 Å². The number of benzene rings is 1. The molecule has 1 aromatic heterocycles. The summed E-state index contributed by atoms with van der Waals surface area (Å²) in [5.41, 5.74) is 0.492. The van der Waals surface area contributed by atoms with E-state index in [0.29, 0.717) is 23.7 Å². The molecular formula is C17H17ClN2O2S. The number of carbonyl (C=O) groups is 2. The van der Waals surface area contributed by atoms with Crippen LogP contribution in [0.2, 0.25) is 5.02 Å². The van der Waals surface area contributed by atoms with Crippen molar-refractivity contribution >= 4 is 34.8 Å². The Bertz CT molecular complexity index is 694. The number of halogens is 1. The first-order chi connectivity index (χ1) is 11.1. The Labute approximate surface area is 144 Å². The zero-order valence-electron chi connectivity index (χ0n) is 12.5. The molecule has 0 spiro atoms. The van der Waals surface area contributed by atoms with Gasteiger partial charge in [-0.1, -0.05) is 29.8 Å². The lowest BCUT2D eigenvalue weighted by Gasteiger charge is -2.32. The number of hydrogen-bond acceptors (Lipinski definition) is 3. The summed E-state index contributed by atoms with van der Waals surface area (Å²) in [6.45, 7) is 1.31. The van der Waals surface area contributed by atoms with Crippen LogP contribution in [-0.2, 0) is 0 Å². The van der Waals surface area contributed by atoms with E-state index in [9.17, 15) is 9.59 Å². The van der Waals surface area contributed by atoms with Crippen LogP contribution in [0.1, 0.15) is 32.9 Å². The van der Waals surface area contributed by atoms with E-state index in [1.165, 1.54) is 11.3 Å². The van der Waals surface area contributed by atoms with Gasteiger partial charge in [0, 0.05) is 19.1 Å². The number of amides is 2. The van der Waals surface area contributed by atoms with Crippen molar-refractivity contribution in [2.24, 2.45) is 0 Å². The van der Waals surface area contributed by atoms with Crippen LogP contribution in [0.5, 0.6) is 0 Å². The van der Waals surface area contributed by atoms with E-state index < -0.39 is 0 Å². The third-order valence-corrected chi connectivity index (χ3v) is 5.16. The highest BCUT2D eigenvalue weighted by molar-refractivity contribution is 7.12. The second-order valence-electron chi connectivity index (χ2n) is 5.50. The van der Waals surface area contributed by atoms with Crippen LogP contribution in [0, 0.1) is 0 Å². The van der Waals surface area contributed by atoms with Crippen LogP contribution in [0.3, 0.4) is 0 Å². The maximum Gasteiger partial charge on any atom is 0.263 e. The molecule has 1 aromatic carbocycles. The third kappa shape index (κ3) is 3.74. The first-order valence-electron chi connectivity index (χ1n) is 7.53. The molecule has 1 N–H and O–H groups in total. The normalized spacial score (nSPS) is 15.4. The maximum absolute atomic E-state index is 12.3. The largest absolute Gasteiger partial charge is 0.349 e. The van der Waals surface area contributed by atoms with E-state index in [2.05, 4.69) is 5.32 Å². The molecule has 120 valence electrons. The minimum absolute atomic E-state index is 0.0751. The van der Waals surface area contributed by atoms with Crippen LogP contribution >= 0.6 is 22.9 Å². The van der Waals surface area contributed by atoms with Crippen molar-refractivity contribution in [3.8, 4) is 0 Å². The van der Waals surface area contributed by atoms with Gasteiger partial charge in [0.05, 0.1) is 15.5 Å². The first kappa shape index (κ1) is 16.0. The van der Waals surface area contributed by atoms with Crippen LogP contribution in [0.25, 0.3) is 0 Å². The molecule has 6 heteroatoms. The first-order valence-corrected chi connectivity index (χ1v) is 8.79. The summed E-state index contributed by atoms with van der Waals surface area (Å²) in [5.74, 6) is -0.0745. The van der Waals surface area contributed by atoms with E-state index in [4.69, 9.17) is 11.6 Å². The number of carbonyl (C=O) groups excluding carboxylic acids is 2. The third-order valence-electron chi connectivity index (χ3n) is 3.97. The highest BCUT2D eigenvalue weighted by Gasteiger charge is 2.25. The SMILES string of the molecule is O=C(NC1CCN(C(=O)c2cccs2)CC1)c1ccccc1Cl. The number of rotatable bonds is 3. The number of nitrogens with zero attached hydrogens (tertiary/aromatic N) is 1. The maximum atomic E-state index is 12.3. The van der Waals surface area contributed by atoms with Gasteiger partial charge in [-0.3, -0.25) is 9.59 Å². The summed E-state index contributed by atoms with van der Waals surface area (Å²) in [6, 6.07) is 10.8. The summed E-state index contributed by atoms with van der Waals surface area (Å²) in [7, 11) is 0. The summed E-state index contributed by atoms with van der Waals surface area (Å²) in [5, 5.41) is 5.37. The molecule has 2 aromatic rings. The van der Waals surface area contributed by atoms with Crippen molar-refractivity contribution in [3.63, 3.8) is 0 Å². The monoisotopic (exact) mass is 348 g/mol. The minimum Gasteiger partial charge on any atom is -0.349 e. The van der Waals surface area contributed by atoms with E-state index in [1.54, 1.807) is 24.3 Å². The lowest BCUT2D eigenvalue weighted by atomic mass is 10.0. The van der Waals surface area contributed by atoms with E-state index in [-0.39, 0.29) is 17.9 Å². The average Bonchev–Trinajstić information content (AvgIpc) is 3.09. The number of hydrogen-bond donors (Lipinski definition) is 1. The smallest absolute Gasteiger partial charge is 0.263 e. The molecule has 23 heavy (non-hydrogen) atoms. The van der Waals surface area contributed by atoms with Crippen molar-refractivity contribution in [1.82, 2.24) is 10.2 Å². The second kappa shape index (κ2) is 7.15. The van der Waals surface area contributed by atoms with Gasteiger partial charge in [0.1, 0.15) is 0 Å². The highest BCUT2D eigenvalue weighted by atomic mass is 35.5. The summed E-state index contributed by atoms with van der Waals surface area (Å²) in [6.07, 6.45) is 1.51. The molecule has 1 aliphatic rings. The molecule has 3 rings (SSSR count). The molecule has 0 atom stereocenters. The number of nitrogens with one attached hydrogen (secondary N) is 1. The molecule has 0 radical (unpaired) electrons. The van der Waals surface area contributed by atoms with Crippen molar-refractivity contribution < 1.29 is 9.59 Å². The Kier molecular flexibility index (Phi) is 4.98. The van der Waals surface area contributed by atoms with Crippen LogP contribution in [0.15, 0.2) is 41.8 Å². The lowest BCUT2D eigenvalue weighted by Crippen LogP contribution is -2.46. The highest BCUT2D eigenvalue weighted by Crippen LogP contribution is 2.19. The molecule has 0 bridgehead atoms. The zero-order valence-corrected chi connectivity index (χ0v) is 14.1. The van der Waals surface area contributed by atoms with Gasteiger partial charge in [-0.15, -0.1) is 11.3 Å². The molecule has 2 amide bonds. The van der Waals surface area contributed by atoms with Gasteiger partial charge in [0.25, 0.3) is 11.8 Å². The Morgan fingerprint density at radius 1 is 1.13 bits per heavy atom. The van der Waals surface area contributed by atoms with Crippen molar-refractivity contribution in [1.29, 1.82) is 0 Å². The molecule has 1 aliphatic heterocycles. The standard InChI is InChI=1S/C17H17ClN2O2S/c18-14-5-2-1-4-13(14)16(21)19-12-7-9-20(10-8-12)17(22)15-6-3-11-23-15/h1-6,11-12H,7-10H2,(H,19,21). The van der Waals surface area contributed by atoms with Gasteiger partial charge in [-0.25, -0.2) is 0 Å². The Balaban J connectivity index is 1.54. The average molecular weight is 349 g/mol. The van der Waals surface area contributed by atoms with Crippen LogP contribution in [-0.4, -0.2) is 35.8 Å².